The third-order valence-corrected chi connectivity index (χ3v) is 5.78. The molecule has 1 aliphatic carbocycles. The number of pyridine rings is 1. The Hall–Kier alpha value is -2.32. The Morgan fingerprint density at radius 3 is 2.58 bits per heavy atom. The average molecular weight is 437 g/mol. The zero-order chi connectivity index (χ0) is 22.6. The van der Waals surface area contributed by atoms with Gasteiger partial charge in [0.15, 0.2) is 0 Å². The number of rotatable bonds is 9. The van der Waals surface area contributed by atoms with Crippen LogP contribution in [0.2, 0.25) is 0 Å². The van der Waals surface area contributed by atoms with Crippen molar-refractivity contribution in [2.45, 2.75) is 38.8 Å². The van der Waals surface area contributed by atoms with Crippen LogP contribution in [0.1, 0.15) is 43.7 Å². The van der Waals surface area contributed by atoms with Gasteiger partial charge in [0.25, 0.3) is 0 Å². The number of morpholine rings is 1. The number of ether oxygens (including phenoxy) is 1. The maximum Gasteiger partial charge on any atom is 0.419 e. The lowest BCUT2D eigenvalue weighted by Crippen LogP contribution is -2.37. The molecule has 1 aromatic rings. The predicted molar refractivity (Wildman–Crippen MR) is 117 cm³/mol. The lowest BCUT2D eigenvalue weighted by atomic mass is 10.0. The van der Waals surface area contributed by atoms with Crippen LogP contribution < -0.4 is 5.73 Å². The lowest BCUT2D eigenvalue weighted by Gasteiger charge is -2.30. The SMILES string of the molecule is C=C(CCN1CCOCC1)N(/C=C(\CC)c1cnc(N)c(C(F)(F)F)c1)C(=C)C1CC1. The summed E-state index contributed by atoms with van der Waals surface area (Å²) in [6, 6.07) is 1.08. The van der Waals surface area contributed by atoms with Gasteiger partial charge in [0.2, 0.25) is 0 Å². The summed E-state index contributed by atoms with van der Waals surface area (Å²) in [6.45, 7) is 14.5. The van der Waals surface area contributed by atoms with Crippen LogP contribution in [0.25, 0.3) is 5.57 Å². The highest BCUT2D eigenvalue weighted by atomic mass is 19.4. The first-order valence-corrected chi connectivity index (χ1v) is 10.7. The Kier molecular flexibility index (Phi) is 7.43. The van der Waals surface area contributed by atoms with Crippen molar-refractivity contribution in [3.05, 3.63) is 54.1 Å². The van der Waals surface area contributed by atoms with Gasteiger partial charge in [0.1, 0.15) is 5.82 Å². The number of hydrogen-bond donors (Lipinski definition) is 1. The number of halogens is 3. The quantitative estimate of drug-likeness (QED) is 0.597. The molecule has 0 aromatic carbocycles. The summed E-state index contributed by atoms with van der Waals surface area (Å²) < 4.78 is 45.3. The molecule has 2 fully saturated rings. The van der Waals surface area contributed by atoms with Gasteiger partial charge < -0.3 is 15.4 Å². The van der Waals surface area contributed by atoms with E-state index in [9.17, 15) is 13.2 Å². The van der Waals surface area contributed by atoms with Gasteiger partial charge in [-0.15, -0.1) is 0 Å². The molecule has 31 heavy (non-hydrogen) atoms. The molecule has 1 aromatic heterocycles. The highest BCUT2D eigenvalue weighted by Gasteiger charge is 2.34. The first-order chi connectivity index (χ1) is 14.7. The molecule has 2 aliphatic rings. The standard InChI is InChI=1S/C23H31F3N4O/c1-4-18(20-13-21(23(24,25)26)22(27)28-14-20)15-30(17(3)19-5-6-19)16(2)7-8-29-9-11-31-12-10-29/h13-15,19H,2-12H2,1H3,(H2,27,28)/b18-15+. The van der Waals surface area contributed by atoms with Crippen LogP contribution in [0, 0.1) is 5.92 Å². The van der Waals surface area contributed by atoms with Crippen molar-refractivity contribution in [3.63, 3.8) is 0 Å². The highest BCUT2D eigenvalue weighted by molar-refractivity contribution is 5.67. The predicted octanol–water partition coefficient (Wildman–Crippen LogP) is 4.90. The Balaban J connectivity index is 1.83. The minimum atomic E-state index is -4.55. The summed E-state index contributed by atoms with van der Waals surface area (Å²) in [5.74, 6) is -0.120. The molecule has 0 atom stereocenters. The van der Waals surface area contributed by atoms with E-state index in [2.05, 4.69) is 23.0 Å². The second-order valence-corrected chi connectivity index (χ2v) is 8.07. The van der Waals surface area contributed by atoms with Crippen LogP contribution in [0.3, 0.4) is 0 Å². The molecule has 0 amide bonds. The van der Waals surface area contributed by atoms with Crippen LogP contribution in [-0.2, 0) is 10.9 Å². The van der Waals surface area contributed by atoms with Crippen molar-refractivity contribution in [3.8, 4) is 0 Å². The summed E-state index contributed by atoms with van der Waals surface area (Å²) in [5, 5.41) is 0. The van der Waals surface area contributed by atoms with E-state index in [1.165, 1.54) is 6.20 Å². The van der Waals surface area contributed by atoms with Crippen molar-refractivity contribution >= 4 is 11.4 Å². The fourth-order valence-electron chi connectivity index (χ4n) is 3.63. The molecular formula is C23H31F3N4O. The van der Waals surface area contributed by atoms with Gasteiger partial charge in [0, 0.05) is 49.8 Å². The van der Waals surface area contributed by atoms with E-state index in [0.29, 0.717) is 17.9 Å². The van der Waals surface area contributed by atoms with Gasteiger partial charge >= 0.3 is 6.18 Å². The zero-order valence-corrected chi connectivity index (χ0v) is 18.0. The fourth-order valence-corrected chi connectivity index (χ4v) is 3.63. The van der Waals surface area contributed by atoms with Crippen LogP contribution >= 0.6 is 0 Å². The van der Waals surface area contributed by atoms with Gasteiger partial charge in [0.05, 0.1) is 18.8 Å². The van der Waals surface area contributed by atoms with Gasteiger partial charge in [-0.2, -0.15) is 13.2 Å². The molecule has 2 heterocycles. The average Bonchev–Trinajstić information content (AvgIpc) is 3.58. The number of alkyl halides is 3. The van der Waals surface area contributed by atoms with Crippen LogP contribution in [0.5, 0.6) is 0 Å². The van der Waals surface area contributed by atoms with E-state index in [4.69, 9.17) is 10.5 Å². The van der Waals surface area contributed by atoms with E-state index in [0.717, 1.165) is 75.1 Å². The summed E-state index contributed by atoms with van der Waals surface area (Å²) in [7, 11) is 0. The molecule has 1 saturated heterocycles. The van der Waals surface area contributed by atoms with E-state index in [1.807, 2.05) is 18.0 Å². The summed E-state index contributed by atoms with van der Waals surface area (Å²) in [6.07, 6.45) is 2.14. The summed E-state index contributed by atoms with van der Waals surface area (Å²) in [5.41, 5.74) is 7.51. The molecule has 5 nitrogen and oxygen atoms in total. The molecule has 1 saturated carbocycles. The Bertz CT molecular complexity index is 840. The minimum absolute atomic E-state index is 0.393. The fraction of sp³-hybridized carbons (Fsp3) is 0.522. The maximum absolute atomic E-state index is 13.3. The number of anilines is 1. The summed E-state index contributed by atoms with van der Waals surface area (Å²) in [4.78, 5) is 8.09. The van der Waals surface area contributed by atoms with Gasteiger partial charge in [-0.05, 0) is 42.4 Å². The molecular weight excluding hydrogens is 405 g/mol. The van der Waals surface area contributed by atoms with Crippen molar-refractivity contribution in [2.24, 2.45) is 5.92 Å². The Morgan fingerprint density at radius 1 is 1.32 bits per heavy atom. The van der Waals surface area contributed by atoms with Crippen LogP contribution in [0.4, 0.5) is 19.0 Å². The maximum atomic E-state index is 13.3. The topological polar surface area (TPSA) is 54.6 Å². The van der Waals surface area contributed by atoms with E-state index < -0.39 is 17.6 Å². The van der Waals surface area contributed by atoms with Crippen LogP contribution in [0.15, 0.2) is 43.0 Å². The second-order valence-electron chi connectivity index (χ2n) is 8.07. The van der Waals surface area contributed by atoms with E-state index >= 15 is 0 Å². The zero-order valence-electron chi connectivity index (χ0n) is 18.0. The molecule has 0 spiro atoms. The van der Waals surface area contributed by atoms with Crippen LogP contribution in [-0.4, -0.2) is 47.6 Å². The number of aromatic nitrogens is 1. The monoisotopic (exact) mass is 436 g/mol. The summed E-state index contributed by atoms with van der Waals surface area (Å²) >= 11 is 0. The number of nitrogens with zero attached hydrogens (tertiary/aromatic N) is 3. The van der Waals surface area contributed by atoms with E-state index in [1.54, 1.807) is 0 Å². The van der Waals surface area contributed by atoms with Crippen molar-refractivity contribution in [2.75, 3.05) is 38.6 Å². The van der Waals surface area contributed by atoms with Gasteiger partial charge in [-0.25, -0.2) is 4.98 Å². The normalized spacial score (nSPS) is 18.1. The molecule has 2 N–H and O–H groups in total. The third-order valence-electron chi connectivity index (χ3n) is 5.78. The third kappa shape index (κ3) is 6.11. The first-order valence-electron chi connectivity index (χ1n) is 10.7. The molecule has 1 aliphatic heterocycles. The minimum Gasteiger partial charge on any atom is -0.383 e. The number of allylic oxidation sites excluding steroid dienone is 2. The smallest absolute Gasteiger partial charge is 0.383 e. The first kappa shape index (κ1) is 23.3. The molecule has 0 bridgehead atoms. The van der Waals surface area contributed by atoms with Crippen molar-refractivity contribution < 1.29 is 17.9 Å². The number of hydrogen-bond acceptors (Lipinski definition) is 5. The molecule has 0 radical (unpaired) electrons. The van der Waals surface area contributed by atoms with Gasteiger partial charge in [-0.1, -0.05) is 20.1 Å². The molecule has 8 heteroatoms. The van der Waals surface area contributed by atoms with Gasteiger partial charge in [-0.3, -0.25) is 4.90 Å². The molecule has 3 rings (SSSR count). The number of nitrogen functional groups attached to an aromatic ring is 1. The Labute approximate surface area is 182 Å². The molecule has 0 unspecified atom stereocenters. The number of nitrogens with two attached hydrogens (primary N) is 1. The van der Waals surface area contributed by atoms with Crippen molar-refractivity contribution in [1.29, 1.82) is 0 Å². The highest BCUT2D eigenvalue weighted by Crippen LogP contribution is 2.40. The second kappa shape index (κ2) is 9.87. The molecule has 170 valence electrons. The largest absolute Gasteiger partial charge is 0.419 e. The Morgan fingerprint density at radius 2 is 2.00 bits per heavy atom. The lowest BCUT2D eigenvalue weighted by molar-refractivity contribution is -0.137. The van der Waals surface area contributed by atoms with E-state index in [-0.39, 0.29) is 0 Å². The van der Waals surface area contributed by atoms with Crippen molar-refractivity contribution in [1.82, 2.24) is 14.8 Å².